The zero-order chi connectivity index (χ0) is 20.2. The second kappa shape index (κ2) is 8.10. The summed E-state index contributed by atoms with van der Waals surface area (Å²) in [5, 5.41) is 4.82. The Morgan fingerprint density at radius 3 is 2.45 bits per heavy atom. The average molecular weight is 383 g/mol. The lowest BCUT2D eigenvalue weighted by atomic mass is 9.96. The van der Waals surface area contributed by atoms with Gasteiger partial charge >= 0.3 is 5.97 Å². The average Bonchev–Trinajstić information content (AvgIpc) is 3.12. The van der Waals surface area contributed by atoms with Gasteiger partial charge in [-0.05, 0) is 36.8 Å². The third kappa shape index (κ3) is 3.67. The Hall–Kier alpha value is -3.73. The molecule has 0 amide bonds. The maximum absolute atomic E-state index is 12.2. The van der Waals surface area contributed by atoms with Crippen molar-refractivity contribution in [3.63, 3.8) is 0 Å². The van der Waals surface area contributed by atoms with Crippen LogP contribution in [0.15, 0.2) is 79.1 Å². The summed E-state index contributed by atoms with van der Waals surface area (Å²) >= 11 is 0. The van der Waals surface area contributed by atoms with Crippen LogP contribution in [0.25, 0.3) is 33.6 Å². The molecule has 0 aliphatic heterocycles. The lowest BCUT2D eigenvalue weighted by Gasteiger charge is -2.09. The summed E-state index contributed by atoms with van der Waals surface area (Å²) in [6.45, 7) is 2.14. The van der Waals surface area contributed by atoms with E-state index in [9.17, 15) is 4.79 Å². The molecule has 2 aromatic carbocycles. The standard InChI is InChI=1S/C24H21N3O2/c1-3-29-24(28)19-12-7-11-18(15-19)22-21(17-9-5-4-6-10-17)23(27(2)26-22)20-13-8-14-25-16-20/h4-16H,3H2,1-2H3. The van der Waals surface area contributed by atoms with Gasteiger partial charge in [0.05, 0.1) is 17.9 Å². The van der Waals surface area contributed by atoms with Crippen LogP contribution in [0.1, 0.15) is 17.3 Å². The highest BCUT2D eigenvalue weighted by atomic mass is 16.5. The Labute approximate surface area is 169 Å². The minimum Gasteiger partial charge on any atom is -0.462 e. The normalized spacial score (nSPS) is 10.7. The van der Waals surface area contributed by atoms with Crippen LogP contribution in [0.3, 0.4) is 0 Å². The van der Waals surface area contributed by atoms with Crippen molar-refractivity contribution < 1.29 is 9.53 Å². The van der Waals surface area contributed by atoms with Gasteiger partial charge in [0.1, 0.15) is 5.69 Å². The van der Waals surface area contributed by atoms with Gasteiger partial charge in [0.2, 0.25) is 0 Å². The maximum Gasteiger partial charge on any atom is 0.338 e. The zero-order valence-electron chi connectivity index (χ0n) is 16.4. The van der Waals surface area contributed by atoms with Crippen molar-refractivity contribution in [3.05, 3.63) is 84.7 Å². The Balaban J connectivity index is 1.94. The number of esters is 1. The molecule has 2 aromatic heterocycles. The fourth-order valence-electron chi connectivity index (χ4n) is 3.45. The van der Waals surface area contributed by atoms with Gasteiger partial charge < -0.3 is 4.74 Å². The van der Waals surface area contributed by atoms with Crippen molar-refractivity contribution in [1.82, 2.24) is 14.8 Å². The number of nitrogens with zero attached hydrogens (tertiary/aromatic N) is 3. The Kier molecular flexibility index (Phi) is 5.20. The molecule has 0 fully saturated rings. The number of carbonyl (C=O) groups is 1. The van der Waals surface area contributed by atoms with E-state index in [-0.39, 0.29) is 5.97 Å². The lowest BCUT2D eigenvalue weighted by molar-refractivity contribution is 0.0526. The first-order valence-electron chi connectivity index (χ1n) is 9.49. The summed E-state index contributed by atoms with van der Waals surface area (Å²) in [5.74, 6) is -0.334. The Morgan fingerprint density at radius 2 is 1.72 bits per heavy atom. The number of aromatic nitrogens is 3. The predicted octanol–water partition coefficient (Wildman–Crippen LogP) is 4.99. The molecule has 0 N–H and O–H groups in total. The third-order valence-electron chi connectivity index (χ3n) is 4.69. The van der Waals surface area contributed by atoms with Gasteiger partial charge in [-0.15, -0.1) is 0 Å². The monoisotopic (exact) mass is 383 g/mol. The van der Waals surface area contributed by atoms with Crippen molar-refractivity contribution in [2.45, 2.75) is 6.92 Å². The predicted molar refractivity (Wildman–Crippen MR) is 113 cm³/mol. The van der Waals surface area contributed by atoms with Gasteiger partial charge in [0.25, 0.3) is 0 Å². The Bertz CT molecular complexity index is 1140. The van der Waals surface area contributed by atoms with Gasteiger partial charge in [-0.3, -0.25) is 9.67 Å². The molecular weight excluding hydrogens is 362 g/mol. The van der Waals surface area contributed by atoms with Gasteiger partial charge in [-0.1, -0.05) is 42.5 Å². The summed E-state index contributed by atoms with van der Waals surface area (Å²) in [6.07, 6.45) is 3.59. The first kappa shape index (κ1) is 18.6. The number of carbonyl (C=O) groups excluding carboxylic acids is 1. The zero-order valence-corrected chi connectivity index (χ0v) is 16.4. The fourth-order valence-corrected chi connectivity index (χ4v) is 3.45. The second-order valence-corrected chi connectivity index (χ2v) is 6.60. The van der Waals surface area contributed by atoms with E-state index in [0.717, 1.165) is 33.6 Å². The number of hydrogen-bond donors (Lipinski definition) is 0. The highest BCUT2D eigenvalue weighted by molar-refractivity contribution is 5.95. The van der Waals surface area contributed by atoms with Crippen molar-refractivity contribution in [2.24, 2.45) is 7.05 Å². The molecule has 0 saturated heterocycles. The van der Waals surface area contributed by atoms with Crippen LogP contribution in [-0.2, 0) is 11.8 Å². The molecule has 0 aliphatic carbocycles. The third-order valence-corrected chi connectivity index (χ3v) is 4.69. The number of benzene rings is 2. The van der Waals surface area contributed by atoms with E-state index in [1.54, 1.807) is 19.2 Å². The molecule has 0 bridgehead atoms. The van der Waals surface area contributed by atoms with Crippen LogP contribution in [0, 0.1) is 0 Å². The number of rotatable bonds is 5. The smallest absolute Gasteiger partial charge is 0.338 e. The van der Waals surface area contributed by atoms with Gasteiger partial charge in [-0.2, -0.15) is 5.10 Å². The van der Waals surface area contributed by atoms with E-state index in [0.29, 0.717) is 12.2 Å². The highest BCUT2D eigenvalue weighted by Crippen LogP contribution is 2.39. The fraction of sp³-hybridized carbons (Fsp3) is 0.125. The molecule has 0 aliphatic rings. The van der Waals surface area contributed by atoms with Crippen LogP contribution < -0.4 is 0 Å². The molecule has 4 aromatic rings. The van der Waals surface area contributed by atoms with Gasteiger partial charge in [0.15, 0.2) is 0 Å². The molecule has 2 heterocycles. The van der Waals surface area contributed by atoms with Crippen molar-refractivity contribution in [2.75, 3.05) is 6.61 Å². The summed E-state index contributed by atoms with van der Waals surface area (Å²) in [4.78, 5) is 16.5. The molecule has 5 nitrogen and oxygen atoms in total. The van der Waals surface area contributed by atoms with E-state index in [2.05, 4.69) is 17.1 Å². The molecule has 0 spiro atoms. The van der Waals surface area contributed by atoms with Crippen LogP contribution in [0.2, 0.25) is 0 Å². The summed E-state index contributed by atoms with van der Waals surface area (Å²) in [7, 11) is 1.92. The summed E-state index contributed by atoms with van der Waals surface area (Å²) in [6, 6.07) is 21.5. The van der Waals surface area contributed by atoms with E-state index < -0.39 is 0 Å². The van der Waals surface area contributed by atoms with Crippen LogP contribution in [0.4, 0.5) is 0 Å². The van der Waals surface area contributed by atoms with Crippen molar-refractivity contribution >= 4 is 5.97 Å². The van der Waals surface area contributed by atoms with Crippen LogP contribution >= 0.6 is 0 Å². The molecular formula is C24H21N3O2. The van der Waals surface area contributed by atoms with Crippen LogP contribution in [-0.4, -0.2) is 27.3 Å². The largest absolute Gasteiger partial charge is 0.462 e. The first-order chi connectivity index (χ1) is 14.2. The number of ether oxygens (including phenoxy) is 1. The molecule has 0 saturated carbocycles. The number of aryl methyl sites for hydroxylation is 1. The first-order valence-corrected chi connectivity index (χ1v) is 9.49. The Morgan fingerprint density at radius 1 is 0.966 bits per heavy atom. The van der Waals surface area contributed by atoms with Crippen molar-refractivity contribution in [3.8, 4) is 33.6 Å². The maximum atomic E-state index is 12.2. The lowest BCUT2D eigenvalue weighted by Crippen LogP contribution is -2.04. The molecule has 144 valence electrons. The van der Waals surface area contributed by atoms with E-state index >= 15 is 0 Å². The minimum absolute atomic E-state index is 0.334. The minimum atomic E-state index is -0.334. The van der Waals surface area contributed by atoms with E-state index in [4.69, 9.17) is 9.84 Å². The van der Waals surface area contributed by atoms with E-state index in [1.165, 1.54) is 0 Å². The SMILES string of the molecule is CCOC(=O)c1cccc(-c2nn(C)c(-c3cccnc3)c2-c2ccccc2)c1. The number of hydrogen-bond acceptors (Lipinski definition) is 4. The molecule has 0 unspecified atom stereocenters. The molecule has 0 atom stereocenters. The summed E-state index contributed by atoms with van der Waals surface area (Å²) in [5.41, 5.74) is 6.19. The number of pyridine rings is 1. The summed E-state index contributed by atoms with van der Waals surface area (Å²) < 4.78 is 7.03. The molecule has 29 heavy (non-hydrogen) atoms. The quantitative estimate of drug-likeness (QED) is 0.456. The molecule has 4 rings (SSSR count). The topological polar surface area (TPSA) is 57.0 Å². The highest BCUT2D eigenvalue weighted by Gasteiger charge is 2.21. The van der Waals surface area contributed by atoms with Gasteiger partial charge in [-0.25, -0.2) is 4.79 Å². The van der Waals surface area contributed by atoms with Gasteiger partial charge in [0, 0.05) is 36.1 Å². The van der Waals surface area contributed by atoms with Crippen molar-refractivity contribution in [1.29, 1.82) is 0 Å². The molecule has 0 radical (unpaired) electrons. The molecule has 5 heteroatoms. The van der Waals surface area contributed by atoms with E-state index in [1.807, 2.05) is 66.5 Å². The second-order valence-electron chi connectivity index (χ2n) is 6.60. The van der Waals surface area contributed by atoms with Crippen LogP contribution in [0.5, 0.6) is 0 Å².